The van der Waals surface area contributed by atoms with Gasteiger partial charge in [-0.15, -0.1) is 0 Å². The quantitative estimate of drug-likeness (QED) is 0.940. The molecule has 1 unspecified atom stereocenters. The molecule has 1 fully saturated rings. The number of aryl methyl sites for hydroxylation is 2. The van der Waals surface area contributed by atoms with E-state index in [2.05, 4.69) is 15.2 Å². The molecule has 0 aromatic carbocycles. The third-order valence-electron chi connectivity index (χ3n) is 3.92. The molecular formula is C14H18N4O2S. The maximum atomic E-state index is 13.0. The van der Waals surface area contributed by atoms with Gasteiger partial charge >= 0.3 is 0 Å². The van der Waals surface area contributed by atoms with Crippen LogP contribution in [0.15, 0.2) is 29.4 Å². The molecule has 6 nitrogen and oxygen atoms in total. The summed E-state index contributed by atoms with van der Waals surface area (Å²) < 4.78 is 27.5. The number of hydrogen-bond donors (Lipinski definition) is 1. The van der Waals surface area contributed by atoms with Gasteiger partial charge in [0, 0.05) is 18.9 Å². The molecule has 1 aliphatic rings. The van der Waals surface area contributed by atoms with E-state index >= 15 is 0 Å². The highest BCUT2D eigenvalue weighted by molar-refractivity contribution is 7.89. The molecule has 0 bridgehead atoms. The van der Waals surface area contributed by atoms with E-state index in [4.69, 9.17) is 0 Å². The van der Waals surface area contributed by atoms with Gasteiger partial charge in [-0.25, -0.2) is 8.42 Å². The van der Waals surface area contributed by atoms with Crippen LogP contribution >= 0.6 is 0 Å². The van der Waals surface area contributed by atoms with Gasteiger partial charge in [-0.3, -0.25) is 10.1 Å². The molecule has 2 aromatic heterocycles. The Hall–Kier alpha value is -1.73. The van der Waals surface area contributed by atoms with Crippen LogP contribution in [0, 0.1) is 13.8 Å². The first-order valence-corrected chi connectivity index (χ1v) is 8.39. The zero-order valence-electron chi connectivity index (χ0n) is 12.1. The van der Waals surface area contributed by atoms with Crippen molar-refractivity contribution >= 4 is 10.0 Å². The molecule has 1 N–H and O–H groups in total. The van der Waals surface area contributed by atoms with E-state index in [1.807, 2.05) is 12.1 Å². The van der Waals surface area contributed by atoms with Gasteiger partial charge < -0.3 is 0 Å². The topological polar surface area (TPSA) is 79.0 Å². The number of nitrogens with zero attached hydrogens (tertiary/aromatic N) is 3. The number of hydrogen-bond acceptors (Lipinski definition) is 4. The standard InChI is InChI=1S/C14H18N4O2S/c1-10-14(11(2)17-16-10)21(19,20)18-9-3-4-13(18)12-5-7-15-8-6-12/h5-8,13H,3-4,9H2,1-2H3,(H,16,17). The first-order chi connectivity index (χ1) is 10.0. The summed E-state index contributed by atoms with van der Waals surface area (Å²) in [6.45, 7) is 4.00. The van der Waals surface area contributed by atoms with Crippen LogP contribution in [-0.4, -0.2) is 34.4 Å². The molecule has 2 aromatic rings. The summed E-state index contributed by atoms with van der Waals surface area (Å²) in [5, 5.41) is 6.77. The predicted octanol–water partition coefficient (Wildman–Crippen LogP) is 1.95. The van der Waals surface area contributed by atoms with Crippen LogP contribution in [0.3, 0.4) is 0 Å². The highest BCUT2D eigenvalue weighted by Gasteiger charge is 2.38. The van der Waals surface area contributed by atoms with Crippen LogP contribution in [0.25, 0.3) is 0 Å². The Balaban J connectivity index is 2.03. The van der Waals surface area contributed by atoms with Crippen molar-refractivity contribution in [2.24, 2.45) is 0 Å². The third-order valence-corrected chi connectivity index (χ3v) is 6.09. The SMILES string of the molecule is Cc1n[nH]c(C)c1S(=O)(=O)N1CCCC1c1ccncc1. The average molecular weight is 306 g/mol. The van der Waals surface area contributed by atoms with E-state index in [1.165, 1.54) is 0 Å². The Bertz CT molecular complexity index is 720. The lowest BCUT2D eigenvalue weighted by molar-refractivity contribution is 0.396. The summed E-state index contributed by atoms with van der Waals surface area (Å²) in [6.07, 6.45) is 5.10. The molecule has 21 heavy (non-hydrogen) atoms. The third kappa shape index (κ3) is 2.36. The number of sulfonamides is 1. The van der Waals surface area contributed by atoms with Gasteiger partial charge in [-0.05, 0) is 44.4 Å². The highest BCUT2D eigenvalue weighted by Crippen LogP contribution is 2.37. The molecule has 0 amide bonds. The van der Waals surface area contributed by atoms with Crippen molar-refractivity contribution in [3.05, 3.63) is 41.5 Å². The molecule has 0 saturated carbocycles. The summed E-state index contributed by atoms with van der Waals surface area (Å²) >= 11 is 0. The zero-order chi connectivity index (χ0) is 15.0. The minimum Gasteiger partial charge on any atom is -0.281 e. The number of aromatic nitrogens is 3. The molecule has 0 aliphatic carbocycles. The van der Waals surface area contributed by atoms with E-state index in [1.54, 1.807) is 30.5 Å². The Kier molecular flexibility index (Phi) is 3.54. The van der Waals surface area contributed by atoms with Crippen molar-refractivity contribution in [3.8, 4) is 0 Å². The molecule has 112 valence electrons. The second-order valence-corrected chi connectivity index (χ2v) is 7.14. The van der Waals surface area contributed by atoms with Crippen LogP contribution in [0.4, 0.5) is 0 Å². The average Bonchev–Trinajstić information content (AvgIpc) is 3.07. The fourth-order valence-corrected chi connectivity index (χ4v) is 5.00. The van der Waals surface area contributed by atoms with E-state index in [9.17, 15) is 8.42 Å². The van der Waals surface area contributed by atoms with Crippen molar-refractivity contribution in [2.75, 3.05) is 6.54 Å². The minimum atomic E-state index is -3.53. The molecule has 0 radical (unpaired) electrons. The molecular weight excluding hydrogens is 288 g/mol. The first-order valence-electron chi connectivity index (χ1n) is 6.95. The maximum absolute atomic E-state index is 13.0. The van der Waals surface area contributed by atoms with Crippen LogP contribution < -0.4 is 0 Å². The second-order valence-electron chi connectivity index (χ2n) is 5.32. The van der Waals surface area contributed by atoms with Gasteiger partial charge in [0.05, 0.1) is 17.4 Å². The number of H-pyrrole nitrogens is 1. The van der Waals surface area contributed by atoms with Crippen molar-refractivity contribution in [2.45, 2.75) is 37.6 Å². The van der Waals surface area contributed by atoms with Crippen molar-refractivity contribution < 1.29 is 8.42 Å². The zero-order valence-corrected chi connectivity index (χ0v) is 12.9. The first kappa shape index (κ1) is 14.2. The Morgan fingerprint density at radius 3 is 2.62 bits per heavy atom. The number of pyridine rings is 1. The van der Waals surface area contributed by atoms with E-state index in [0.717, 1.165) is 18.4 Å². The number of aromatic amines is 1. The molecule has 1 aliphatic heterocycles. The normalized spacial score (nSPS) is 20.0. The maximum Gasteiger partial charge on any atom is 0.247 e. The Morgan fingerprint density at radius 1 is 1.29 bits per heavy atom. The largest absolute Gasteiger partial charge is 0.281 e. The lowest BCUT2D eigenvalue weighted by Crippen LogP contribution is -2.31. The van der Waals surface area contributed by atoms with Gasteiger partial charge in [0.25, 0.3) is 0 Å². The van der Waals surface area contributed by atoms with Crippen LogP contribution in [0.1, 0.15) is 35.8 Å². The fourth-order valence-electron chi connectivity index (χ4n) is 2.98. The number of nitrogens with one attached hydrogen (secondary N) is 1. The van der Waals surface area contributed by atoms with Crippen molar-refractivity contribution in [1.29, 1.82) is 0 Å². The van der Waals surface area contributed by atoms with Gasteiger partial charge in [0.2, 0.25) is 10.0 Å². The minimum absolute atomic E-state index is 0.119. The van der Waals surface area contributed by atoms with Gasteiger partial charge in [-0.1, -0.05) is 0 Å². The summed E-state index contributed by atoms with van der Waals surface area (Å²) in [5.41, 5.74) is 2.10. The van der Waals surface area contributed by atoms with Crippen molar-refractivity contribution in [3.63, 3.8) is 0 Å². The lowest BCUT2D eigenvalue weighted by atomic mass is 10.1. The monoisotopic (exact) mass is 306 g/mol. The van der Waals surface area contributed by atoms with Crippen LogP contribution in [0.5, 0.6) is 0 Å². The van der Waals surface area contributed by atoms with E-state index in [-0.39, 0.29) is 6.04 Å². The summed E-state index contributed by atoms with van der Waals surface area (Å²) in [7, 11) is -3.53. The summed E-state index contributed by atoms with van der Waals surface area (Å²) in [4.78, 5) is 4.31. The molecule has 1 atom stereocenters. The van der Waals surface area contributed by atoms with Crippen LogP contribution in [0.2, 0.25) is 0 Å². The Labute approximate surface area is 124 Å². The van der Waals surface area contributed by atoms with E-state index < -0.39 is 10.0 Å². The van der Waals surface area contributed by atoms with Gasteiger partial charge in [0.1, 0.15) is 4.90 Å². The summed E-state index contributed by atoms with van der Waals surface area (Å²) in [6, 6.07) is 3.65. The number of rotatable bonds is 3. The van der Waals surface area contributed by atoms with Gasteiger partial charge in [-0.2, -0.15) is 9.40 Å². The fraction of sp³-hybridized carbons (Fsp3) is 0.429. The van der Waals surface area contributed by atoms with E-state index in [0.29, 0.717) is 22.8 Å². The molecule has 0 spiro atoms. The van der Waals surface area contributed by atoms with Crippen molar-refractivity contribution in [1.82, 2.24) is 19.5 Å². The van der Waals surface area contributed by atoms with Gasteiger partial charge in [0.15, 0.2) is 0 Å². The lowest BCUT2D eigenvalue weighted by Gasteiger charge is -2.24. The summed E-state index contributed by atoms with van der Waals surface area (Å²) in [5.74, 6) is 0. The second kappa shape index (κ2) is 5.23. The molecule has 3 heterocycles. The molecule has 7 heteroatoms. The highest BCUT2D eigenvalue weighted by atomic mass is 32.2. The Morgan fingerprint density at radius 2 is 2.00 bits per heavy atom. The smallest absolute Gasteiger partial charge is 0.247 e. The molecule has 3 rings (SSSR count). The predicted molar refractivity (Wildman–Crippen MR) is 78.2 cm³/mol. The van der Waals surface area contributed by atoms with Crippen LogP contribution in [-0.2, 0) is 10.0 Å². The molecule has 1 saturated heterocycles.